The fraction of sp³-hybridized carbons (Fsp3) is 0.429. The van der Waals surface area contributed by atoms with Gasteiger partial charge >= 0.3 is 0 Å². The Balaban J connectivity index is 1.45. The molecule has 1 aromatic heterocycles. The molecule has 9 nitrogen and oxygen atoms in total. The molecule has 4 rings (SSSR count). The van der Waals surface area contributed by atoms with Crippen LogP contribution in [-0.2, 0) is 19.6 Å². The van der Waals surface area contributed by atoms with Gasteiger partial charge in [-0.05, 0) is 29.8 Å². The zero-order chi connectivity index (χ0) is 22.8. The van der Waals surface area contributed by atoms with Crippen LogP contribution in [0.5, 0.6) is 0 Å². The highest BCUT2D eigenvalue weighted by molar-refractivity contribution is 7.91. The Kier molecular flexibility index (Phi) is 6.68. The SMILES string of the molecule is O=C(NO)C1(S(=O)(=O)N2CCN(c3ccc(-c4ccc(Cl)cc4)cn3)CC2)CCOCC1. The van der Waals surface area contributed by atoms with Crippen LogP contribution in [0.15, 0.2) is 42.6 Å². The average Bonchev–Trinajstić information content (AvgIpc) is 2.84. The minimum Gasteiger partial charge on any atom is -0.381 e. The number of hydrogen-bond acceptors (Lipinski definition) is 7. The number of hydrogen-bond donors (Lipinski definition) is 2. The third-order valence-corrected chi connectivity index (χ3v) is 9.02. The van der Waals surface area contributed by atoms with Gasteiger partial charge in [0, 0.05) is 69.0 Å². The number of carbonyl (C=O) groups excluding carboxylic acids is 1. The summed E-state index contributed by atoms with van der Waals surface area (Å²) in [5, 5.41) is 9.85. The van der Waals surface area contributed by atoms with Gasteiger partial charge in [-0.1, -0.05) is 23.7 Å². The van der Waals surface area contributed by atoms with Gasteiger partial charge in [-0.2, -0.15) is 4.31 Å². The van der Waals surface area contributed by atoms with Gasteiger partial charge in [-0.3, -0.25) is 10.0 Å². The monoisotopic (exact) mass is 480 g/mol. The predicted molar refractivity (Wildman–Crippen MR) is 120 cm³/mol. The molecule has 0 radical (unpaired) electrons. The second kappa shape index (κ2) is 9.32. The lowest BCUT2D eigenvalue weighted by Gasteiger charge is -2.41. The summed E-state index contributed by atoms with van der Waals surface area (Å²) in [5.74, 6) is -0.142. The fourth-order valence-corrected chi connectivity index (χ4v) is 6.42. The van der Waals surface area contributed by atoms with Crippen molar-refractivity contribution < 1.29 is 23.2 Å². The summed E-state index contributed by atoms with van der Waals surface area (Å²) < 4.78 is 31.7. The summed E-state index contributed by atoms with van der Waals surface area (Å²) in [6.07, 6.45) is 1.80. The summed E-state index contributed by atoms with van der Waals surface area (Å²) >= 11 is 5.94. The molecule has 3 heterocycles. The van der Waals surface area contributed by atoms with Crippen molar-refractivity contribution in [3.63, 3.8) is 0 Å². The number of benzene rings is 1. The van der Waals surface area contributed by atoms with E-state index in [9.17, 15) is 18.4 Å². The first-order valence-corrected chi connectivity index (χ1v) is 12.2. The smallest absolute Gasteiger partial charge is 0.266 e. The second-order valence-electron chi connectivity index (χ2n) is 7.85. The van der Waals surface area contributed by atoms with Gasteiger partial charge < -0.3 is 9.64 Å². The lowest BCUT2D eigenvalue weighted by molar-refractivity contribution is -0.134. The average molecular weight is 481 g/mol. The Labute approximate surface area is 192 Å². The number of halogens is 1. The van der Waals surface area contributed by atoms with Crippen LogP contribution in [0.3, 0.4) is 0 Å². The second-order valence-corrected chi connectivity index (χ2v) is 10.5. The number of nitrogens with one attached hydrogen (secondary N) is 1. The van der Waals surface area contributed by atoms with Crippen molar-refractivity contribution in [2.24, 2.45) is 0 Å². The van der Waals surface area contributed by atoms with E-state index in [0.29, 0.717) is 18.1 Å². The molecule has 0 spiro atoms. The summed E-state index contributed by atoms with van der Waals surface area (Å²) in [5.41, 5.74) is 3.52. The lowest BCUT2D eigenvalue weighted by Crippen LogP contribution is -2.62. The summed E-state index contributed by atoms with van der Waals surface area (Å²) in [4.78, 5) is 18.9. The van der Waals surface area contributed by atoms with Gasteiger partial charge in [0.25, 0.3) is 5.91 Å². The summed E-state index contributed by atoms with van der Waals surface area (Å²) in [6, 6.07) is 11.4. The van der Waals surface area contributed by atoms with E-state index in [2.05, 4.69) is 4.98 Å². The van der Waals surface area contributed by atoms with E-state index in [-0.39, 0.29) is 39.1 Å². The molecule has 2 N–H and O–H groups in total. The Morgan fingerprint density at radius 1 is 1.03 bits per heavy atom. The maximum Gasteiger partial charge on any atom is 0.266 e. The quantitative estimate of drug-likeness (QED) is 0.496. The standard InChI is InChI=1S/C21H25ClN4O5S/c22-18-4-1-16(2-5-18)17-3-6-19(23-15-17)25-9-11-26(12-10-25)32(29,30)21(20(27)24-28)7-13-31-14-8-21/h1-6,15,28H,7-14H2,(H,24,27). The van der Waals surface area contributed by atoms with Gasteiger partial charge in [0.05, 0.1) is 0 Å². The lowest BCUT2D eigenvalue weighted by atomic mass is 9.98. The van der Waals surface area contributed by atoms with Crippen LogP contribution >= 0.6 is 11.6 Å². The molecule has 2 aliphatic heterocycles. The number of anilines is 1. The molecule has 1 aromatic carbocycles. The van der Waals surface area contributed by atoms with E-state index >= 15 is 0 Å². The van der Waals surface area contributed by atoms with Crippen LogP contribution in [0.4, 0.5) is 5.82 Å². The molecule has 0 atom stereocenters. The number of pyridine rings is 1. The minimum absolute atomic E-state index is 0.00958. The van der Waals surface area contributed by atoms with Gasteiger partial charge in [-0.25, -0.2) is 18.9 Å². The Morgan fingerprint density at radius 2 is 1.66 bits per heavy atom. The van der Waals surface area contributed by atoms with E-state index in [0.717, 1.165) is 16.9 Å². The molecule has 0 saturated carbocycles. The van der Waals surface area contributed by atoms with E-state index in [4.69, 9.17) is 16.3 Å². The van der Waals surface area contributed by atoms with Crippen LogP contribution in [0.2, 0.25) is 5.02 Å². The van der Waals surface area contributed by atoms with Crippen molar-refractivity contribution in [1.29, 1.82) is 0 Å². The topological polar surface area (TPSA) is 112 Å². The molecule has 32 heavy (non-hydrogen) atoms. The van der Waals surface area contributed by atoms with Gasteiger partial charge in [0.15, 0.2) is 4.75 Å². The molecule has 11 heteroatoms. The Bertz CT molecular complexity index is 1050. The first-order chi connectivity index (χ1) is 15.4. The molecule has 0 unspecified atom stereocenters. The Morgan fingerprint density at radius 3 is 2.22 bits per heavy atom. The van der Waals surface area contributed by atoms with Crippen molar-refractivity contribution in [3.8, 4) is 11.1 Å². The van der Waals surface area contributed by atoms with Gasteiger partial charge in [-0.15, -0.1) is 0 Å². The van der Waals surface area contributed by atoms with E-state index in [1.807, 2.05) is 41.3 Å². The molecule has 172 valence electrons. The third-order valence-electron chi connectivity index (χ3n) is 6.14. The first kappa shape index (κ1) is 22.9. The highest BCUT2D eigenvalue weighted by atomic mass is 35.5. The molecule has 2 aliphatic rings. The van der Waals surface area contributed by atoms with Crippen molar-refractivity contribution in [2.45, 2.75) is 17.6 Å². The molecular weight excluding hydrogens is 456 g/mol. The zero-order valence-corrected chi connectivity index (χ0v) is 19.0. The van der Waals surface area contributed by atoms with E-state index < -0.39 is 20.7 Å². The van der Waals surface area contributed by atoms with Crippen LogP contribution in [-0.4, -0.2) is 73.0 Å². The van der Waals surface area contributed by atoms with Crippen molar-refractivity contribution in [2.75, 3.05) is 44.3 Å². The summed E-state index contributed by atoms with van der Waals surface area (Å²) in [6.45, 7) is 1.64. The van der Waals surface area contributed by atoms with E-state index in [1.165, 1.54) is 4.31 Å². The van der Waals surface area contributed by atoms with Gasteiger partial charge in [0.2, 0.25) is 10.0 Å². The highest BCUT2D eigenvalue weighted by Gasteiger charge is 2.54. The number of rotatable bonds is 5. The fourth-order valence-electron chi connectivity index (χ4n) is 4.20. The number of ether oxygens (including phenoxy) is 1. The number of piperazine rings is 1. The molecule has 1 amide bonds. The normalized spacial score (nSPS) is 19.5. The van der Waals surface area contributed by atoms with Crippen LogP contribution in [0.25, 0.3) is 11.1 Å². The number of nitrogens with zero attached hydrogens (tertiary/aromatic N) is 3. The zero-order valence-electron chi connectivity index (χ0n) is 17.4. The maximum atomic E-state index is 13.4. The number of hydroxylamine groups is 1. The first-order valence-electron chi connectivity index (χ1n) is 10.4. The number of amides is 1. The van der Waals surface area contributed by atoms with Crippen molar-refractivity contribution in [1.82, 2.24) is 14.8 Å². The van der Waals surface area contributed by atoms with Crippen LogP contribution in [0.1, 0.15) is 12.8 Å². The Hall–Kier alpha value is -2.24. The summed E-state index contributed by atoms with van der Waals surface area (Å²) in [7, 11) is -3.99. The largest absolute Gasteiger partial charge is 0.381 e. The molecule has 0 aliphatic carbocycles. The van der Waals surface area contributed by atoms with Crippen LogP contribution < -0.4 is 10.4 Å². The van der Waals surface area contributed by atoms with Gasteiger partial charge in [0.1, 0.15) is 5.82 Å². The van der Waals surface area contributed by atoms with Crippen molar-refractivity contribution in [3.05, 3.63) is 47.6 Å². The number of aromatic nitrogens is 1. The number of carbonyl (C=O) groups is 1. The molecule has 2 saturated heterocycles. The third kappa shape index (κ3) is 4.20. The molecule has 2 aromatic rings. The van der Waals surface area contributed by atoms with Crippen molar-refractivity contribution >= 4 is 33.3 Å². The molecule has 2 fully saturated rings. The maximum absolute atomic E-state index is 13.4. The molecular formula is C21H25ClN4O5S. The number of sulfonamides is 1. The minimum atomic E-state index is -3.99. The highest BCUT2D eigenvalue weighted by Crippen LogP contribution is 2.34. The van der Waals surface area contributed by atoms with Crippen LogP contribution in [0, 0.1) is 0 Å². The molecule has 0 bridgehead atoms. The van der Waals surface area contributed by atoms with E-state index in [1.54, 1.807) is 11.7 Å². The predicted octanol–water partition coefficient (Wildman–Crippen LogP) is 1.91.